The van der Waals surface area contributed by atoms with Gasteiger partial charge in [-0.3, -0.25) is 9.69 Å². The zero-order chi connectivity index (χ0) is 18.9. The Morgan fingerprint density at radius 3 is 2.59 bits per heavy atom. The van der Waals surface area contributed by atoms with Crippen LogP contribution >= 0.6 is 0 Å². The van der Waals surface area contributed by atoms with Crippen molar-refractivity contribution in [2.75, 3.05) is 12.4 Å². The monoisotopic (exact) mass is 367 g/mol. The first-order valence-corrected chi connectivity index (χ1v) is 8.98. The molecule has 2 fully saturated rings. The van der Waals surface area contributed by atoms with Gasteiger partial charge in [-0.1, -0.05) is 18.2 Å². The average Bonchev–Trinajstić information content (AvgIpc) is 2.89. The molecule has 4 rings (SSSR count). The van der Waals surface area contributed by atoms with E-state index in [0.29, 0.717) is 30.4 Å². The van der Waals surface area contributed by atoms with Gasteiger partial charge in [-0.2, -0.15) is 4.98 Å². The third kappa shape index (κ3) is 3.42. The summed E-state index contributed by atoms with van der Waals surface area (Å²) in [6.45, 7) is 0. The van der Waals surface area contributed by atoms with Gasteiger partial charge in [-0.15, -0.1) is 0 Å². The van der Waals surface area contributed by atoms with Crippen LogP contribution in [-0.2, 0) is 4.79 Å². The number of anilines is 1. The van der Waals surface area contributed by atoms with Gasteiger partial charge in [-0.25, -0.2) is 9.78 Å². The minimum Gasteiger partial charge on any atom is -0.439 e. The Bertz CT molecular complexity index is 849. The number of urea groups is 1. The Morgan fingerprint density at radius 2 is 1.93 bits per heavy atom. The summed E-state index contributed by atoms with van der Waals surface area (Å²) in [5, 5.41) is 6.16. The number of nitrogens with one attached hydrogen (secondary N) is 2. The highest BCUT2D eigenvalue weighted by molar-refractivity contribution is 6.06. The zero-order valence-corrected chi connectivity index (χ0v) is 15.0. The topological polar surface area (TPSA) is 96.5 Å². The van der Waals surface area contributed by atoms with E-state index in [9.17, 15) is 9.59 Å². The van der Waals surface area contributed by atoms with Crippen LogP contribution in [0.4, 0.5) is 10.7 Å². The summed E-state index contributed by atoms with van der Waals surface area (Å²) < 4.78 is 5.73. The molecule has 1 saturated carbocycles. The maximum atomic E-state index is 12.4. The number of ether oxygens (including phenoxy) is 1. The molecule has 2 N–H and O–H groups in total. The van der Waals surface area contributed by atoms with Gasteiger partial charge in [0.2, 0.25) is 11.8 Å². The minimum atomic E-state index is -0.747. The SMILES string of the molecule is CN1C(=O)NC2(CCC(Nc3nccc(Oc4ccccc4)n3)CC2)C1=O. The number of hydrogen-bond donors (Lipinski definition) is 2. The van der Waals surface area contributed by atoms with Crippen molar-refractivity contribution in [2.45, 2.75) is 37.3 Å². The third-order valence-corrected chi connectivity index (χ3v) is 5.13. The number of carbonyl (C=O) groups is 2. The smallest absolute Gasteiger partial charge is 0.324 e. The van der Waals surface area contributed by atoms with Crippen LogP contribution in [0.1, 0.15) is 25.7 Å². The van der Waals surface area contributed by atoms with E-state index in [1.54, 1.807) is 12.3 Å². The summed E-state index contributed by atoms with van der Waals surface area (Å²) in [5.41, 5.74) is -0.747. The van der Waals surface area contributed by atoms with Crippen LogP contribution in [0.3, 0.4) is 0 Å². The maximum Gasteiger partial charge on any atom is 0.324 e. The van der Waals surface area contributed by atoms with Gasteiger partial charge in [-0.05, 0) is 37.8 Å². The lowest BCUT2D eigenvalue weighted by atomic mass is 9.79. The lowest BCUT2D eigenvalue weighted by molar-refractivity contribution is -0.131. The number of likely N-dealkylation sites (N-methyl/N-ethyl adjacent to an activating group) is 1. The molecule has 0 bridgehead atoms. The molecule has 1 saturated heterocycles. The van der Waals surface area contributed by atoms with Crippen LogP contribution in [0.2, 0.25) is 0 Å². The van der Waals surface area contributed by atoms with Crippen molar-refractivity contribution in [3.63, 3.8) is 0 Å². The maximum absolute atomic E-state index is 12.4. The van der Waals surface area contributed by atoms with Crippen LogP contribution in [0, 0.1) is 0 Å². The van der Waals surface area contributed by atoms with E-state index in [-0.39, 0.29) is 18.0 Å². The van der Waals surface area contributed by atoms with E-state index >= 15 is 0 Å². The predicted molar refractivity (Wildman–Crippen MR) is 98.5 cm³/mol. The van der Waals surface area contributed by atoms with Crippen molar-refractivity contribution in [1.29, 1.82) is 0 Å². The Labute approximate surface area is 156 Å². The predicted octanol–water partition coefficient (Wildman–Crippen LogP) is 2.54. The van der Waals surface area contributed by atoms with Crippen molar-refractivity contribution >= 4 is 17.9 Å². The summed E-state index contributed by atoms with van der Waals surface area (Å²) in [6, 6.07) is 11.0. The van der Waals surface area contributed by atoms with E-state index in [0.717, 1.165) is 12.8 Å². The standard InChI is InChI=1S/C19H21N5O3/c1-24-16(25)19(23-18(24)26)10-7-13(8-11-19)21-17-20-12-9-15(22-17)27-14-5-3-2-4-6-14/h2-6,9,12-13H,7-8,10-11H2,1H3,(H,23,26)(H,20,21,22). The van der Waals surface area contributed by atoms with Crippen molar-refractivity contribution in [3.05, 3.63) is 42.6 Å². The number of amides is 3. The van der Waals surface area contributed by atoms with E-state index in [1.165, 1.54) is 11.9 Å². The third-order valence-electron chi connectivity index (χ3n) is 5.13. The first-order valence-electron chi connectivity index (χ1n) is 8.98. The molecule has 27 heavy (non-hydrogen) atoms. The summed E-state index contributed by atoms with van der Waals surface area (Å²) in [5.74, 6) is 1.52. The fraction of sp³-hybridized carbons (Fsp3) is 0.368. The highest BCUT2D eigenvalue weighted by Gasteiger charge is 2.51. The van der Waals surface area contributed by atoms with Crippen LogP contribution in [0.15, 0.2) is 42.6 Å². The van der Waals surface area contributed by atoms with Crippen LogP contribution < -0.4 is 15.4 Å². The summed E-state index contributed by atoms with van der Waals surface area (Å²) in [7, 11) is 1.52. The highest BCUT2D eigenvalue weighted by Crippen LogP contribution is 2.34. The Morgan fingerprint density at radius 1 is 1.19 bits per heavy atom. The van der Waals surface area contributed by atoms with Crippen molar-refractivity contribution in [1.82, 2.24) is 20.2 Å². The molecule has 8 heteroatoms. The van der Waals surface area contributed by atoms with Gasteiger partial charge < -0.3 is 15.4 Å². The number of rotatable bonds is 4. The molecule has 3 amide bonds. The molecule has 0 radical (unpaired) electrons. The number of hydrogen-bond acceptors (Lipinski definition) is 6. The van der Waals surface area contributed by atoms with E-state index in [2.05, 4.69) is 20.6 Å². The Kier molecular flexibility index (Phi) is 4.39. The van der Waals surface area contributed by atoms with E-state index in [1.807, 2.05) is 30.3 Å². The minimum absolute atomic E-state index is 0.137. The normalized spacial score (nSPS) is 24.8. The van der Waals surface area contributed by atoms with Gasteiger partial charge in [0.25, 0.3) is 5.91 Å². The van der Waals surface area contributed by atoms with Gasteiger partial charge in [0, 0.05) is 25.4 Å². The molecule has 2 aromatic rings. The number of para-hydroxylation sites is 1. The quantitative estimate of drug-likeness (QED) is 0.806. The fourth-order valence-corrected chi connectivity index (χ4v) is 3.61. The number of aromatic nitrogens is 2. The molecule has 1 aromatic heterocycles. The molecule has 0 atom stereocenters. The number of carbonyl (C=O) groups excluding carboxylic acids is 2. The van der Waals surface area contributed by atoms with Crippen molar-refractivity contribution < 1.29 is 14.3 Å². The van der Waals surface area contributed by atoms with E-state index < -0.39 is 5.54 Å². The van der Waals surface area contributed by atoms with Gasteiger partial charge in [0.15, 0.2) is 0 Å². The molecule has 0 unspecified atom stereocenters. The molecule has 1 aliphatic heterocycles. The summed E-state index contributed by atoms with van der Waals surface area (Å²) in [4.78, 5) is 33.9. The number of nitrogens with zero attached hydrogens (tertiary/aromatic N) is 3. The molecule has 140 valence electrons. The Hall–Kier alpha value is -3.16. The molecule has 2 heterocycles. The Balaban J connectivity index is 1.38. The van der Waals surface area contributed by atoms with Crippen LogP contribution in [0.25, 0.3) is 0 Å². The zero-order valence-electron chi connectivity index (χ0n) is 15.0. The second-order valence-corrected chi connectivity index (χ2v) is 6.93. The molecule has 1 spiro atoms. The van der Waals surface area contributed by atoms with Gasteiger partial charge in [0.1, 0.15) is 11.3 Å². The lowest BCUT2D eigenvalue weighted by Crippen LogP contribution is -2.51. The van der Waals surface area contributed by atoms with E-state index in [4.69, 9.17) is 4.74 Å². The summed E-state index contributed by atoms with van der Waals surface area (Å²) in [6.07, 6.45) is 4.33. The van der Waals surface area contributed by atoms with Crippen molar-refractivity contribution in [2.24, 2.45) is 0 Å². The molecule has 8 nitrogen and oxygen atoms in total. The molecule has 1 aliphatic carbocycles. The fourth-order valence-electron chi connectivity index (χ4n) is 3.61. The molecular weight excluding hydrogens is 346 g/mol. The first-order chi connectivity index (χ1) is 13.1. The summed E-state index contributed by atoms with van der Waals surface area (Å²) >= 11 is 0. The largest absolute Gasteiger partial charge is 0.439 e. The van der Waals surface area contributed by atoms with Crippen LogP contribution in [0.5, 0.6) is 11.6 Å². The van der Waals surface area contributed by atoms with Gasteiger partial charge >= 0.3 is 6.03 Å². The highest BCUT2D eigenvalue weighted by atomic mass is 16.5. The molecule has 1 aromatic carbocycles. The molecular formula is C19H21N5O3. The molecule has 2 aliphatic rings. The number of benzene rings is 1. The second-order valence-electron chi connectivity index (χ2n) is 6.93. The number of imide groups is 1. The van der Waals surface area contributed by atoms with Crippen molar-refractivity contribution in [3.8, 4) is 11.6 Å². The first kappa shape index (κ1) is 17.3. The second kappa shape index (κ2) is 6.86. The van der Waals surface area contributed by atoms with Gasteiger partial charge in [0.05, 0.1) is 0 Å². The lowest BCUT2D eigenvalue weighted by Gasteiger charge is -2.35. The van der Waals surface area contributed by atoms with Crippen LogP contribution in [-0.4, -0.2) is 45.4 Å². The average molecular weight is 367 g/mol.